The average Bonchev–Trinajstić information content (AvgIpc) is 2.96. The van der Waals surface area contributed by atoms with Crippen molar-refractivity contribution in [1.29, 1.82) is 0 Å². The van der Waals surface area contributed by atoms with Crippen LogP contribution in [0, 0.1) is 20.2 Å². The molecule has 0 aromatic heterocycles. The Bertz CT molecular complexity index is 1010. The van der Waals surface area contributed by atoms with E-state index in [4.69, 9.17) is 16.3 Å². The number of para-hydroxylation sites is 1. The Balaban J connectivity index is 2.05. The summed E-state index contributed by atoms with van der Waals surface area (Å²) in [6, 6.07) is 9.41. The molecule has 9 nitrogen and oxygen atoms in total. The largest absolute Gasteiger partial charge is 0.402 e. The molecule has 0 radical (unpaired) electrons. The van der Waals surface area contributed by atoms with Crippen LogP contribution in [0.1, 0.15) is 11.1 Å². The Labute approximate surface area is 150 Å². The van der Waals surface area contributed by atoms with Crippen LogP contribution >= 0.6 is 11.6 Å². The Kier molecular flexibility index (Phi) is 4.46. The van der Waals surface area contributed by atoms with Crippen LogP contribution < -0.4 is 0 Å². The van der Waals surface area contributed by atoms with Gasteiger partial charge in [-0.25, -0.2) is 9.79 Å². The molecule has 2 aromatic rings. The molecule has 1 aliphatic rings. The second-order valence-electron chi connectivity index (χ2n) is 5.07. The lowest BCUT2D eigenvalue weighted by atomic mass is 10.1. The maximum absolute atomic E-state index is 12.0. The SMILES string of the molecule is O=C1OC(c2cc([N+](=O)[O-])ccc2Cl)=NC1=Cc1ccccc1[N+](=O)[O-]. The molecule has 0 bridgehead atoms. The third-order valence-electron chi connectivity index (χ3n) is 3.44. The predicted molar refractivity (Wildman–Crippen MR) is 91.8 cm³/mol. The van der Waals surface area contributed by atoms with E-state index in [2.05, 4.69) is 4.99 Å². The Morgan fingerprint density at radius 1 is 1.08 bits per heavy atom. The van der Waals surface area contributed by atoms with Gasteiger partial charge in [0.15, 0.2) is 5.70 Å². The Hall–Kier alpha value is -3.59. The number of non-ortho nitro benzene ring substituents is 1. The van der Waals surface area contributed by atoms with Crippen LogP contribution in [-0.2, 0) is 9.53 Å². The smallest absolute Gasteiger partial charge is 0.363 e. The summed E-state index contributed by atoms with van der Waals surface area (Å²) in [5, 5.41) is 22.0. The number of halogens is 1. The second-order valence-corrected chi connectivity index (χ2v) is 5.48. The first-order valence-electron chi connectivity index (χ1n) is 7.07. The summed E-state index contributed by atoms with van der Waals surface area (Å²) in [5.41, 5.74) is -0.402. The maximum atomic E-state index is 12.0. The van der Waals surface area contributed by atoms with E-state index in [1.54, 1.807) is 6.07 Å². The molecule has 10 heteroatoms. The first kappa shape index (κ1) is 17.2. The zero-order valence-corrected chi connectivity index (χ0v) is 13.5. The summed E-state index contributed by atoms with van der Waals surface area (Å²) >= 11 is 6.00. The molecule has 130 valence electrons. The van der Waals surface area contributed by atoms with Gasteiger partial charge in [-0.1, -0.05) is 23.7 Å². The van der Waals surface area contributed by atoms with E-state index >= 15 is 0 Å². The average molecular weight is 374 g/mol. The van der Waals surface area contributed by atoms with Crippen LogP contribution in [0.2, 0.25) is 5.02 Å². The van der Waals surface area contributed by atoms with Crippen molar-refractivity contribution in [2.75, 3.05) is 0 Å². The highest BCUT2D eigenvalue weighted by Crippen LogP contribution is 2.28. The molecule has 26 heavy (non-hydrogen) atoms. The molecule has 3 rings (SSSR count). The van der Waals surface area contributed by atoms with Gasteiger partial charge in [0.2, 0.25) is 5.90 Å². The first-order valence-corrected chi connectivity index (χ1v) is 7.45. The monoisotopic (exact) mass is 373 g/mol. The number of nitrogens with zero attached hydrogens (tertiary/aromatic N) is 3. The first-order chi connectivity index (χ1) is 12.4. The van der Waals surface area contributed by atoms with Crippen molar-refractivity contribution in [2.24, 2.45) is 4.99 Å². The molecule has 0 atom stereocenters. The van der Waals surface area contributed by atoms with Crippen molar-refractivity contribution in [3.05, 3.63) is 84.5 Å². The standard InChI is InChI=1S/C16H8ClN3O6/c17-12-6-5-10(19(22)23)8-11(12)15-18-13(16(21)26-15)7-9-3-1-2-4-14(9)20(24)25/h1-8H. The van der Waals surface area contributed by atoms with Crippen molar-refractivity contribution >= 4 is 40.9 Å². The van der Waals surface area contributed by atoms with Crippen LogP contribution in [0.5, 0.6) is 0 Å². The summed E-state index contributed by atoms with van der Waals surface area (Å²) in [6.07, 6.45) is 1.21. The van der Waals surface area contributed by atoms with Gasteiger partial charge in [-0.3, -0.25) is 20.2 Å². The van der Waals surface area contributed by atoms with Crippen molar-refractivity contribution in [3.8, 4) is 0 Å². The van der Waals surface area contributed by atoms with Crippen molar-refractivity contribution in [3.63, 3.8) is 0 Å². The van der Waals surface area contributed by atoms with E-state index in [-0.39, 0.29) is 39.1 Å². The molecule has 1 aliphatic heterocycles. The van der Waals surface area contributed by atoms with Crippen LogP contribution in [0.15, 0.2) is 53.2 Å². The molecule has 0 fully saturated rings. The summed E-state index contributed by atoms with van der Waals surface area (Å²) < 4.78 is 5.01. The molecule has 0 spiro atoms. The Morgan fingerprint density at radius 3 is 2.50 bits per heavy atom. The number of hydrogen-bond donors (Lipinski definition) is 0. The fraction of sp³-hybridized carbons (Fsp3) is 0. The summed E-state index contributed by atoms with van der Waals surface area (Å²) in [4.78, 5) is 36.7. The maximum Gasteiger partial charge on any atom is 0.363 e. The van der Waals surface area contributed by atoms with Gasteiger partial charge in [-0.05, 0) is 18.2 Å². The number of benzene rings is 2. The molecule has 2 aromatic carbocycles. The van der Waals surface area contributed by atoms with Crippen LogP contribution in [0.4, 0.5) is 11.4 Å². The second kappa shape index (κ2) is 6.73. The minimum atomic E-state index is -0.847. The van der Waals surface area contributed by atoms with E-state index in [0.717, 1.165) is 6.07 Å². The van der Waals surface area contributed by atoms with Gasteiger partial charge in [-0.15, -0.1) is 0 Å². The number of rotatable bonds is 4. The molecule has 0 N–H and O–H groups in total. The van der Waals surface area contributed by atoms with Crippen LogP contribution in [0.25, 0.3) is 6.08 Å². The number of carbonyl (C=O) groups is 1. The number of carbonyl (C=O) groups excluding carboxylic acids is 1. The lowest BCUT2D eigenvalue weighted by molar-refractivity contribution is -0.385. The summed E-state index contributed by atoms with van der Waals surface area (Å²) in [7, 11) is 0. The predicted octanol–water partition coefficient (Wildman–Crippen LogP) is 3.50. The highest BCUT2D eigenvalue weighted by molar-refractivity contribution is 6.34. The van der Waals surface area contributed by atoms with E-state index < -0.39 is 15.8 Å². The van der Waals surface area contributed by atoms with Gasteiger partial charge in [0, 0.05) is 18.2 Å². The molecule has 1 heterocycles. The minimum absolute atomic E-state index is 0.0696. The number of nitro groups is 2. The van der Waals surface area contributed by atoms with Gasteiger partial charge < -0.3 is 4.74 Å². The van der Waals surface area contributed by atoms with E-state index in [1.807, 2.05) is 0 Å². The topological polar surface area (TPSA) is 125 Å². The van der Waals surface area contributed by atoms with Gasteiger partial charge >= 0.3 is 5.97 Å². The number of cyclic esters (lactones) is 1. The summed E-state index contributed by atoms with van der Waals surface area (Å²) in [6.45, 7) is 0. The van der Waals surface area contributed by atoms with Gasteiger partial charge in [0.25, 0.3) is 11.4 Å². The highest BCUT2D eigenvalue weighted by atomic mass is 35.5. The fourth-order valence-corrected chi connectivity index (χ4v) is 2.44. The molecule has 0 unspecified atom stereocenters. The van der Waals surface area contributed by atoms with Gasteiger partial charge in [-0.2, -0.15) is 0 Å². The number of aliphatic imine (C=N–C) groups is 1. The summed E-state index contributed by atoms with van der Waals surface area (Å²) in [5.74, 6) is -1.06. The zero-order valence-electron chi connectivity index (χ0n) is 12.8. The molecule has 0 saturated heterocycles. The third-order valence-corrected chi connectivity index (χ3v) is 3.77. The normalized spacial score (nSPS) is 14.9. The van der Waals surface area contributed by atoms with Crippen LogP contribution in [0.3, 0.4) is 0 Å². The molecule has 0 amide bonds. The third kappa shape index (κ3) is 3.28. The molecular formula is C16H8ClN3O6. The molecule has 0 aliphatic carbocycles. The number of hydrogen-bond acceptors (Lipinski definition) is 7. The van der Waals surface area contributed by atoms with Crippen molar-refractivity contribution < 1.29 is 19.4 Å². The molecule has 0 saturated carbocycles. The van der Waals surface area contributed by atoms with E-state index in [0.29, 0.717) is 0 Å². The lowest BCUT2D eigenvalue weighted by Gasteiger charge is -2.02. The van der Waals surface area contributed by atoms with Gasteiger partial charge in [0.05, 0.1) is 26.0 Å². The van der Waals surface area contributed by atoms with Gasteiger partial charge in [0.1, 0.15) is 0 Å². The van der Waals surface area contributed by atoms with Crippen LogP contribution in [-0.4, -0.2) is 21.7 Å². The molecular weight excluding hydrogens is 366 g/mol. The number of nitro benzene ring substituents is 2. The highest BCUT2D eigenvalue weighted by Gasteiger charge is 2.27. The van der Waals surface area contributed by atoms with E-state index in [1.165, 1.54) is 36.4 Å². The van der Waals surface area contributed by atoms with Crippen molar-refractivity contribution in [2.45, 2.75) is 0 Å². The van der Waals surface area contributed by atoms with Crippen molar-refractivity contribution in [1.82, 2.24) is 0 Å². The minimum Gasteiger partial charge on any atom is -0.402 e. The number of esters is 1. The lowest BCUT2D eigenvalue weighted by Crippen LogP contribution is -2.06. The Morgan fingerprint density at radius 2 is 1.81 bits per heavy atom. The van der Waals surface area contributed by atoms with E-state index in [9.17, 15) is 25.0 Å². The number of ether oxygens (including phenoxy) is 1. The quantitative estimate of drug-likeness (QED) is 0.349. The zero-order chi connectivity index (χ0) is 18.8. The fourth-order valence-electron chi connectivity index (χ4n) is 2.24.